The Kier molecular flexibility index (Phi) is 5.76. The van der Waals surface area contributed by atoms with Gasteiger partial charge in [0.1, 0.15) is 0 Å². The fourth-order valence-electron chi connectivity index (χ4n) is 1.98. The third-order valence-electron chi connectivity index (χ3n) is 3.24. The van der Waals surface area contributed by atoms with Crippen molar-refractivity contribution in [2.24, 2.45) is 7.05 Å². The summed E-state index contributed by atoms with van der Waals surface area (Å²) < 4.78 is 1.81. The maximum absolute atomic E-state index is 12.0. The Morgan fingerprint density at radius 1 is 1.47 bits per heavy atom. The molecule has 0 spiro atoms. The highest BCUT2D eigenvalue weighted by Gasteiger charge is 2.09. The Morgan fingerprint density at radius 2 is 2.16 bits per heavy atom. The number of likely N-dealkylation sites (N-methyl/N-ethyl adjacent to an activating group) is 1. The van der Waals surface area contributed by atoms with Gasteiger partial charge in [0.15, 0.2) is 0 Å². The molecule has 0 aromatic carbocycles. The van der Waals surface area contributed by atoms with Gasteiger partial charge in [-0.25, -0.2) is 0 Å². The summed E-state index contributed by atoms with van der Waals surface area (Å²) in [6.07, 6.45) is 4.01. The van der Waals surface area contributed by atoms with Gasteiger partial charge in [-0.1, -0.05) is 0 Å². The van der Waals surface area contributed by atoms with Crippen LogP contribution in [-0.4, -0.2) is 45.4 Å². The first-order chi connectivity index (χ1) is 9.01. The SMILES string of the molecule is CCN(CCCO)C(=O)/C=C/c1c(C)nn(C)c1C. The number of aliphatic hydroxyl groups is 1. The molecule has 1 aromatic rings. The molecule has 0 saturated carbocycles. The summed E-state index contributed by atoms with van der Waals surface area (Å²) in [6.45, 7) is 7.18. The van der Waals surface area contributed by atoms with Crippen LogP contribution in [0.5, 0.6) is 0 Å². The van der Waals surface area contributed by atoms with Crippen molar-refractivity contribution in [1.82, 2.24) is 14.7 Å². The van der Waals surface area contributed by atoms with Crippen molar-refractivity contribution >= 4 is 12.0 Å². The second-order valence-corrected chi connectivity index (χ2v) is 4.54. The Balaban J connectivity index is 2.77. The number of carbonyl (C=O) groups excluding carboxylic acids is 1. The van der Waals surface area contributed by atoms with E-state index in [1.165, 1.54) is 0 Å². The van der Waals surface area contributed by atoms with Crippen molar-refractivity contribution in [2.45, 2.75) is 27.2 Å². The summed E-state index contributed by atoms with van der Waals surface area (Å²) in [4.78, 5) is 13.7. The van der Waals surface area contributed by atoms with Crippen molar-refractivity contribution in [3.8, 4) is 0 Å². The van der Waals surface area contributed by atoms with Crippen LogP contribution in [0, 0.1) is 13.8 Å². The number of hydrogen-bond donors (Lipinski definition) is 1. The zero-order valence-electron chi connectivity index (χ0n) is 12.2. The quantitative estimate of drug-likeness (QED) is 0.788. The highest BCUT2D eigenvalue weighted by molar-refractivity contribution is 5.92. The average Bonchev–Trinajstić information content (AvgIpc) is 2.62. The molecule has 0 fully saturated rings. The largest absolute Gasteiger partial charge is 0.396 e. The van der Waals surface area contributed by atoms with E-state index in [1.807, 2.05) is 38.6 Å². The second kappa shape index (κ2) is 7.09. The van der Waals surface area contributed by atoms with Crippen LogP contribution < -0.4 is 0 Å². The second-order valence-electron chi connectivity index (χ2n) is 4.54. The number of hydrogen-bond acceptors (Lipinski definition) is 3. The van der Waals surface area contributed by atoms with Crippen LogP contribution in [0.15, 0.2) is 6.08 Å². The van der Waals surface area contributed by atoms with Gasteiger partial charge in [0.2, 0.25) is 5.91 Å². The molecule has 1 aromatic heterocycles. The normalized spacial score (nSPS) is 11.2. The fraction of sp³-hybridized carbons (Fsp3) is 0.571. The molecule has 0 aliphatic heterocycles. The summed E-state index contributed by atoms with van der Waals surface area (Å²) in [5, 5.41) is 13.1. The first kappa shape index (κ1) is 15.4. The number of rotatable bonds is 6. The van der Waals surface area contributed by atoms with E-state index in [-0.39, 0.29) is 12.5 Å². The number of amides is 1. The molecule has 0 saturated heterocycles. The lowest BCUT2D eigenvalue weighted by Crippen LogP contribution is -2.30. The molecule has 0 bridgehead atoms. The molecule has 1 N–H and O–H groups in total. The van der Waals surface area contributed by atoms with E-state index >= 15 is 0 Å². The zero-order chi connectivity index (χ0) is 14.4. The van der Waals surface area contributed by atoms with Gasteiger partial charge < -0.3 is 10.0 Å². The van der Waals surface area contributed by atoms with E-state index in [4.69, 9.17) is 5.11 Å². The molecule has 0 atom stereocenters. The highest BCUT2D eigenvalue weighted by Crippen LogP contribution is 2.13. The van der Waals surface area contributed by atoms with Gasteiger partial charge >= 0.3 is 0 Å². The number of aryl methyl sites for hydroxylation is 2. The maximum Gasteiger partial charge on any atom is 0.246 e. The average molecular weight is 265 g/mol. The number of aromatic nitrogens is 2. The molecule has 0 aliphatic carbocycles. The molecule has 0 unspecified atom stereocenters. The minimum atomic E-state index is -0.0291. The maximum atomic E-state index is 12.0. The van der Waals surface area contributed by atoms with Crippen LogP contribution in [0.25, 0.3) is 6.08 Å². The van der Waals surface area contributed by atoms with Crippen molar-refractivity contribution < 1.29 is 9.90 Å². The van der Waals surface area contributed by atoms with Crippen molar-refractivity contribution in [3.05, 3.63) is 23.0 Å². The first-order valence-corrected chi connectivity index (χ1v) is 6.59. The van der Waals surface area contributed by atoms with E-state index in [0.29, 0.717) is 19.5 Å². The van der Waals surface area contributed by atoms with Crippen molar-refractivity contribution in [2.75, 3.05) is 19.7 Å². The summed E-state index contributed by atoms with van der Waals surface area (Å²) >= 11 is 0. The molecule has 0 aliphatic rings. The van der Waals surface area contributed by atoms with E-state index in [0.717, 1.165) is 17.0 Å². The monoisotopic (exact) mass is 265 g/mol. The summed E-state index contributed by atoms with van der Waals surface area (Å²) in [6, 6.07) is 0. The predicted molar refractivity (Wildman–Crippen MR) is 75.7 cm³/mol. The molecule has 106 valence electrons. The molecule has 0 radical (unpaired) electrons. The Labute approximate surface area is 114 Å². The molecule has 1 rings (SSSR count). The minimum absolute atomic E-state index is 0.0291. The third kappa shape index (κ3) is 3.92. The lowest BCUT2D eigenvalue weighted by Gasteiger charge is -2.18. The lowest BCUT2D eigenvalue weighted by atomic mass is 10.2. The Bertz CT molecular complexity index is 464. The first-order valence-electron chi connectivity index (χ1n) is 6.59. The molecule has 19 heavy (non-hydrogen) atoms. The van der Waals surface area contributed by atoms with Crippen LogP contribution >= 0.6 is 0 Å². The minimum Gasteiger partial charge on any atom is -0.396 e. The summed E-state index contributed by atoms with van der Waals surface area (Å²) in [5.74, 6) is -0.0291. The van der Waals surface area contributed by atoms with E-state index < -0.39 is 0 Å². The summed E-state index contributed by atoms with van der Waals surface area (Å²) in [7, 11) is 1.89. The summed E-state index contributed by atoms with van der Waals surface area (Å²) in [5.41, 5.74) is 2.96. The van der Waals surface area contributed by atoms with E-state index in [1.54, 1.807) is 11.0 Å². The zero-order valence-corrected chi connectivity index (χ0v) is 12.2. The van der Waals surface area contributed by atoms with Crippen molar-refractivity contribution in [1.29, 1.82) is 0 Å². The topological polar surface area (TPSA) is 58.4 Å². The Hall–Kier alpha value is -1.62. The number of nitrogens with zero attached hydrogens (tertiary/aromatic N) is 3. The number of carbonyl (C=O) groups is 1. The molecule has 5 heteroatoms. The Morgan fingerprint density at radius 3 is 2.63 bits per heavy atom. The molecular formula is C14H23N3O2. The van der Waals surface area contributed by atoms with Crippen molar-refractivity contribution in [3.63, 3.8) is 0 Å². The van der Waals surface area contributed by atoms with Crippen LogP contribution in [0.4, 0.5) is 0 Å². The molecule has 1 amide bonds. The smallest absolute Gasteiger partial charge is 0.246 e. The lowest BCUT2D eigenvalue weighted by molar-refractivity contribution is -0.125. The highest BCUT2D eigenvalue weighted by atomic mass is 16.3. The van der Waals surface area contributed by atoms with Gasteiger partial charge in [-0.15, -0.1) is 0 Å². The molecule has 1 heterocycles. The van der Waals surface area contributed by atoms with Crippen LogP contribution in [0.3, 0.4) is 0 Å². The van der Waals surface area contributed by atoms with Crippen LogP contribution in [0.2, 0.25) is 0 Å². The van der Waals surface area contributed by atoms with E-state index in [9.17, 15) is 4.79 Å². The molecule has 5 nitrogen and oxygen atoms in total. The molecular weight excluding hydrogens is 242 g/mol. The standard InChI is InChI=1S/C14H23N3O2/c1-5-17(9-6-10-18)14(19)8-7-13-11(2)15-16(4)12(13)3/h7-8,18H,5-6,9-10H2,1-4H3/b8-7+. The van der Waals surface area contributed by atoms with Crippen LogP contribution in [0.1, 0.15) is 30.3 Å². The van der Waals surface area contributed by atoms with Crippen LogP contribution in [-0.2, 0) is 11.8 Å². The van der Waals surface area contributed by atoms with Gasteiger partial charge in [0.05, 0.1) is 5.69 Å². The van der Waals surface area contributed by atoms with Gasteiger partial charge in [0, 0.05) is 44.1 Å². The third-order valence-corrected chi connectivity index (χ3v) is 3.24. The van der Waals surface area contributed by atoms with Gasteiger partial charge in [0.25, 0.3) is 0 Å². The van der Waals surface area contributed by atoms with E-state index in [2.05, 4.69) is 5.10 Å². The van der Waals surface area contributed by atoms with Gasteiger partial charge in [-0.2, -0.15) is 5.10 Å². The predicted octanol–water partition coefficient (Wildman–Crippen LogP) is 1.28. The number of aliphatic hydroxyl groups excluding tert-OH is 1. The van der Waals surface area contributed by atoms with Gasteiger partial charge in [-0.05, 0) is 33.3 Å². The fourth-order valence-corrected chi connectivity index (χ4v) is 1.98. The van der Waals surface area contributed by atoms with Gasteiger partial charge in [-0.3, -0.25) is 9.48 Å².